The lowest BCUT2D eigenvalue weighted by Crippen LogP contribution is -2.48. The van der Waals surface area contributed by atoms with Gasteiger partial charge in [-0.3, -0.25) is 14.8 Å². The van der Waals surface area contributed by atoms with E-state index in [4.69, 9.17) is 4.74 Å². The van der Waals surface area contributed by atoms with E-state index in [1.165, 1.54) is 17.4 Å². The molecule has 1 aliphatic rings. The Balaban J connectivity index is 1.52. The van der Waals surface area contributed by atoms with Crippen LogP contribution in [-0.4, -0.2) is 83.0 Å². The minimum absolute atomic E-state index is 0.0179. The van der Waals surface area contributed by atoms with Crippen LogP contribution in [0.3, 0.4) is 0 Å². The number of aliphatic hydroxyl groups excluding tert-OH is 1. The Morgan fingerprint density at radius 1 is 1.03 bits per heavy atom. The topological polar surface area (TPSA) is 119 Å². The van der Waals surface area contributed by atoms with E-state index in [1.807, 2.05) is 24.3 Å². The predicted molar refractivity (Wildman–Crippen MR) is 135 cm³/mol. The summed E-state index contributed by atoms with van der Waals surface area (Å²) in [4.78, 5) is 39.2. The normalized spacial score (nSPS) is 15.2. The van der Waals surface area contributed by atoms with Gasteiger partial charge in [0.15, 0.2) is 5.78 Å². The van der Waals surface area contributed by atoms with Crippen LogP contribution in [0.25, 0.3) is 11.1 Å². The summed E-state index contributed by atoms with van der Waals surface area (Å²) in [5, 5.41) is 23.3. The smallest absolute Gasteiger partial charge is 0.343 e. The maximum atomic E-state index is 12.8. The van der Waals surface area contributed by atoms with Gasteiger partial charge in [-0.1, -0.05) is 43.3 Å². The molecule has 2 atom stereocenters. The molecule has 3 amide bonds. The lowest BCUT2D eigenvalue weighted by Gasteiger charge is -2.29. The highest BCUT2D eigenvalue weighted by Crippen LogP contribution is 2.21. The molecule has 0 saturated carbocycles. The largest absolute Gasteiger partial charge is 0.391 e. The van der Waals surface area contributed by atoms with Crippen molar-refractivity contribution in [3.8, 4) is 11.1 Å². The van der Waals surface area contributed by atoms with Gasteiger partial charge in [-0.25, -0.2) is 9.86 Å². The van der Waals surface area contributed by atoms with Crippen molar-refractivity contribution in [2.75, 3.05) is 32.8 Å². The Bertz CT molecular complexity index is 1020. The summed E-state index contributed by atoms with van der Waals surface area (Å²) in [5.41, 5.74) is 3.64. The quantitative estimate of drug-likeness (QED) is 0.343. The van der Waals surface area contributed by atoms with Crippen molar-refractivity contribution in [3.63, 3.8) is 0 Å². The van der Waals surface area contributed by atoms with Crippen LogP contribution in [0, 0.1) is 0 Å². The zero-order valence-electron chi connectivity index (χ0n) is 20.9. The van der Waals surface area contributed by atoms with Crippen LogP contribution < -0.4 is 5.32 Å². The Hall–Kier alpha value is -3.27. The molecule has 3 N–H and O–H groups in total. The highest BCUT2D eigenvalue weighted by atomic mass is 16.5. The van der Waals surface area contributed by atoms with E-state index in [1.54, 1.807) is 12.1 Å². The van der Waals surface area contributed by atoms with Crippen molar-refractivity contribution in [3.05, 3.63) is 59.7 Å². The predicted octanol–water partition coefficient (Wildman–Crippen LogP) is 2.89. The third-order valence-corrected chi connectivity index (χ3v) is 6.25. The van der Waals surface area contributed by atoms with Crippen LogP contribution in [0.4, 0.5) is 4.79 Å². The number of urea groups is 1. The maximum Gasteiger partial charge on any atom is 0.343 e. The number of hydrogen-bond acceptors (Lipinski definition) is 6. The van der Waals surface area contributed by atoms with Gasteiger partial charge < -0.3 is 20.1 Å². The number of nitrogens with zero attached hydrogens (tertiary/aromatic N) is 2. The molecule has 0 radical (unpaired) electrons. The molecule has 0 spiro atoms. The Labute approximate surface area is 211 Å². The molecule has 0 aromatic heterocycles. The van der Waals surface area contributed by atoms with Crippen LogP contribution >= 0.6 is 0 Å². The number of aliphatic hydroxyl groups is 1. The first-order valence-electron chi connectivity index (χ1n) is 12.3. The summed E-state index contributed by atoms with van der Waals surface area (Å²) >= 11 is 0. The number of carbonyl (C=O) groups excluding carboxylic acids is 3. The molecule has 0 unspecified atom stereocenters. The van der Waals surface area contributed by atoms with Crippen molar-refractivity contribution in [2.24, 2.45) is 0 Å². The van der Waals surface area contributed by atoms with E-state index < -0.39 is 24.1 Å². The van der Waals surface area contributed by atoms with Gasteiger partial charge in [0.1, 0.15) is 6.04 Å². The molecule has 1 fully saturated rings. The average molecular weight is 498 g/mol. The molecule has 3 rings (SSSR count). The van der Waals surface area contributed by atoms with Crippen LogP contribution in [0.1, 0.15) is 42.6 Å². The molecule has 2 aromatic rings. The second kappa shape index (κ2) is 13.2. The average Bonchev–Trinajstić information content (AvgIpc) is 2.91. The minimum atomic E-state index is -1.10. The first kappa shape index (κ1) is 27.3. The number of Topliss-reactive ketones (excluding diaryl/α,β-unsaturated/α-hetero) is 1. The third-order valence-electron chi connectivity index (χ3n) is 6.25. The number of nitrogens with one attached hydrogen (secondary N) is 1. The highest BCUT2D eigenvalue weighted by molar-refractivity contribution is 5.98. The van der Waals surface area contributed by atoms with E-state index in [-0.39, 0.29) is 25.2 Å². The van der Waals surface area contributed by atoms with E-state index in [0.717, 1.165) is 17.5 Å². The van der Waals surface area contributed by atoms with Crippen LogP contribution in [0.15, 0.2) is 48.5 Å². The molecule has 2 aromatic carbocycles. The standard InChI is InChI=1S/C27H35N3O6/c1-3-20-6-8-21(9-7-20)22-10-12-23(13-11-22)26(33)28-25(19(2)31)24(32)5-4-14-30(35)27(34)29-15-17-36-18-16-29/h6-13,19,25,31,35H,3-5,14-18H2,1-2H3,(H,28,33)/t19-,25+/m1/s1. The fourth-order valence-corrected chi connectivity index (χ4v) is 4.01. The van der Waals surface area contributed by atoms with Gasteiger partial charge in [0.25, 0.3) is 5.91 Å². The summed E-state index contributed by atoms with van der Waals surface area (Å²) in [5.74, 6) is -0.841. The molecule has 194 valence electrons. The fourth-order valence-electron chi connectivity index (χ4n) is 4.01. The minimum Gasteiger partial charge on any atom is -0.391 e. The summed E-state index contributed by atoms with van der Waals surface area (Å²) in [6, 6.07) is 13.7. The number of hydrogen-bond donors (Lipinski definition) is 3. The number of carbonyl (C=O) groups is 3. The van der Waals surface area contributed by atoms with Crippen molar-refractivity contribution < 1.29 is 29.4 Å². The lowest BCUT2D eigenvalue weighted by atomic mass is 10.0. The van der Waals surface area contributed by atoms with Gasteiger partial charge in [-0.2, -0.15) is 0 Å². The Morgan fingerprint density at radius 2 is 1.61 bits per heavy atom. The van der Waals surface area contributed by atoms with Gasteiger partial charge in [0.05, 0.1) is 25.9 Å². The van der Waals surface area contributed by atoms with Crippen molar-refractivity contribution in [2.45, 2.75) is 45.3 Å². The van der Waals surface area contributed by atoms with Crippen LogP contribution in [0.5, 0.6) is 0 Å². The van der Waals surface area contributed by atoms with Crippen LogP contribution in [0.2, 0.25) is 0 Å². The number of aryl methyl sites for hydroxylation is 1. The molecular weight excluding hydrogens is 462 g/mol. The number of benzene rings is 2. The number of rotatable bonds is 10. The number of ketones is 1. The molecule has 0 bridgehead atoms. The molecule has 1 aliphatic heterocycles. The molecular formula is C27H35N3O6. The molecule has 36 heavy (non-hydrogen) atoms. The second-order valence-corrected chi connectivity index (χ2v) is 8.89. The number of ether oxygens (including phenoxy) is 1. The zero-order chi connectivity index (χ0) is 26.1. The zero-order valence-corrected chi connectivity index (χ0v) is 20.9. The van der Waals surface area contributed by atoms with Gasteiger partial charge in [0, 0.05) is 25.1 Å². The first-order valence-corrected chi connectivity index (χ1v) is 12.3. The molecule has 9 heteroatoms. The van der Waals surface area contributed by atoms with E-state index >= 15 is 0 Å². The number of amides is 3. The number of hydroxylamine groups is 2. The molecule has 0 aliphatic carbocycles. The lowest BCUT2D eigenvalue weighted by molar-refractivity contribution is -0.123. The summed E-state index contributed by atoms with van der Waals surface area (Å²) in [6.45, 7) is 5.14. The molecule has 9 nitrogen and oxygen atoms in total. The number of morpholine rings is 1. The van der Waals surface area contributed by atoms with Crippen LogP contribution in [-0.2, 0) is 16.0 Å². The summed E-state index contributed by atoms with van der Waals surface area (Å²) < 4.78 is 5.19. The summed E-state index contributed by atoms with van der Waals surface area (Å²) in [7, 11) is 0. The SMILES string of the molecule is CCc1ccc(-c2ccc(C(=O)N[C@H](C(=O)CCCN(O)C(=O)N3CCOCC3)[C@@H](C)O)cc2)cc1. The second-order valence-electron chi connectivity index (χ2n) is 8.89. The van der Waals surface area contributed by atoms with Gasteiger partial charge in [-0.15, -0.1) is 0 Å². The highest BCUT2D eigenvalue weighted by Gasteiger charge is 2.27. The van der Waals surface area contributed by atoms with Crippen molar-refractivity contribution >= 4 is 17.7 Å². The van der Waals surface area contributed by atoms with Gasteiger partial charge >= 0.3 is 6.03 Å². The van der Waals surface area contributed by atoms with E-state index in [9.17, 15) is 24.7 Å². The summed E-state index contributed by atoms with van der Waals surface area (Å²) in [6.07, 6.45) is 0.0392. The van der Waals surface area contributed by atoms with E-state index in [0.29, 0.717) is 36.9 Å². The van der Waals surface area contributed by atoms with Crippen molar-refractivity contribution in [1.29, 1.82) is 0 Å². The maximum absolute atomic E-state index is 12.8. The third kappa shape index (κ3) is 7.36. The van der Waals surface area contributed by atoms with E-state index in [2.05, 4.69) is 24.4 Å². The Morgan fingerprint density at radius 3 is 2.17 bits per heavy atom. The fraction of sp³-hybridized carbons (Fsp3) is 0.444. The van der Waals surface area contributed by atoms with Crippen molar-refractivity contribution in [1.82, 2.24) is 15.3 Å². The molecule has 1 heterocycles. The first-order chi connectivity index (χ1) is 17.3. The molecule has 1 saturated heterocycles. The Kier molecular flexibility index (Phi) is 9.98. The van der Waals surface area contributed by atoms with Gasteiger partial charge in [0.2, 0.25) is 0 Å². The monoisotopic (exact) mass is 497 g/mol. The van der Waals surface area contributed by atoms with Gasteiger partial charge in [-0.05, 0) is 48.6 Å².